The smallest absolute Gasteiger partial charge is 0.281 e. The second kappa shape index (κ2) is 5.36. The molecule has 7 heteroatoms. The first-order valence-corrected chi connectivity index (χ1v) is 6.18. The zero-order valence-electron chi connectivity index (χ0n) is 7.74. The molecule has 5 nitrogen and oxygen atoms in total. The molecule has 0 fully saturated rings. The number of carbonyl (C=O) groups excluding carboxylic acids is 1. The van der Waals surface area contributed by atoms with Gasteiger partial charge in [0.05, 0.1) is 21.4 Å². The molecule has 1 aromatic rings. The summed E-state index contributed by atoms with van der Waals surface area (Å²) in [5, 5.41) is 19.5. The molecule has 0 atom stereocenters. The van der Waals surface area contributed by atoms with Crippen molar-refractivity contribution < 1.29 is 9.72 Å². The van der Waals surface area contributed by atoms with Gasteiger partial charge in [-0.2, -0.15) is 5.26 Å². The van der Waals surface area contributed by atoms with E-state index in [0.717, 1.165) is 0 Å². The molecule has 0 bridgehead atoms. The second-order valence-corrected chi connectivity index (χ2v) is 4.50. The Morgan fingerprint density at radius 3 is 2.69 bits per heavy atom. The summed E-state index contributed by atoms with van der Waals surface area (Å²) in [7, 11) is 0. The zero-order valence-corrected chi connectivity index (χ0v) is 11.5. The van der Waals surface area contributed by atoms with E-state index in [1.54, 1.807) is 0 Å². The van der Waals surface area contributed by atoms with Gasteiger partial charge < -0.3 is 0 Å². The van der Waals surface area contributed by atoms with Gasteiger partial charge in [-0.1, -0.05) is 15.9 Å². The number of benzene rings is 1. The molecule has 1 rings (SSSR count). The largest absolute Gasteiger partial charge is 0.293 e. The van der Waals surface area contributed by atoms with Gasteiger partial charge in [0.15, 0.2) is 5.78 Å². The quantitative estimate of drug-likeness (QED) is 0.259. The van der Waals surface area contributed by atoms with Crippen molar-refractivity contribution in [1.29, 1.82) is 5.26 Å². The summed E-state index contributed by atoms with van der Waals surface area (Å²) in [6.45, 7) is 0. The minimum atomic E-state index is -0.626. The van der Waals surface area contributed by atoms with Crippen LogP contribution in [0.15, 0.2) is 12.1 Å². The molecule has 0 unspecified atom stereocenters. The van der Waals surface area contributed by atoms with Crippen molar-refractivity contribution in [2.24, 2.45) is 0 Å². The van der Waals surface area contributed by atoms with E-state index < -0.39 is 10.7 Å². The molecule has 0 aliphatic heterocycles. The normalized spacial score (nSPS) is 9.56. The topological polar surface area (TPSA) is 84.0 Å². The molecule has 0 saturated carbocycles. The minimum absolute atomic E-state index is 0.0146. The maximum atomic E-state index is 11.5. The van der Waals surface area contributed by atoms with Crippen molar-refractivity contribution in [1.82, 2.24) is 0 Å². The lowest BCUT2D eigenvalue weighted by molar-refractivity contribution is -0.385. The van der Waals surface area contributed by atoms with Gasteiger partial charge in [-0.05, 0) is 28.7 Å². The number of nitro benzene ring substituents is 1. The standard InChI is InChI=1S/C9H4BrIN2O3/c10-3-9(14)6-1-5(4-12)7(11)2-8(6)13(15)16/h1-2H,3H2. The number of alkyl halides is 1. The van der Waals surface area contributed by atoms with Crippen molar-refractivity contribution >= 4 is 50.0 Å². The van der Waals surface area contributed by atoms with E-state index in [0.29, 0.717) is 3.57 Å². The molecule has 0 saturated heterocycles. The predicted octanol–water partition coefficient (Wildman–Crippen LogP) is 2.65. The van der Waals surface area contributed by atoms with Gasteiger partial charge in [0.1, 0.15) is 6.07 Å². The van der Waals surface area contributed by atoms with Gasteiger partial charge in [0.2, 0.25) is 0 Å². The lowest BCUT2D eigenvalue weighted by Crippen LogP contribution is -2.06. The molecular formula is C9H4BrIN2O3. The molecule has 1 aromatic carbocycles. The van der Waals surface area contributed by atoms with Crippen LogP contribution in [0.3, 0.4) is 0 Å². The molecule has 0 aliphatic carbocycles. The van der Waals surface area contributed by atoms with E-state index >= 15 is 0 Å². The first-order chi connectivity index (χ1) is 7.51. The van der Waals surface area contributed by atoms with E-state index in [1.807, 2.05) is 28.7 Å². The molecule has 0 amide bonds. The molecule has 0 aliphatic rings. The molecule has 16 heavy (non-hydrogen) atoms. The number of nitriles is 1. The van der Waals surface area contributed by atoms with Crippen LogP contribution in [0.1, 0.15) is 15.9 Å². The van der Waals surface area contributed by atoms with Crippen LogP contribution in [-0.4, -0.2) is 16.0 Å². The van der Waals surface area contributed by atoms with E-state index in [2.05, 4.69) is 15.9 Å². The van der Waals surface area contributed by atoms with Crippen molar-refractivity contribution in [3.05, 3.63) is 36.9 Å². The first kappa shape index (κ1) is 13.1. The van der Waals surface area contributed by atoms with Gasteiger partial charge in [-0.3, -0.25) is 14.9 Å². The Labute approximate surface area is 113 Å². The van der Waals surface area contributed by atoms with Gasteiger partial charge >= 0.3 is 0 Å². The minimum Gasteiger partial charge on any atom is -0.293 e. The summed E-state index contributed by atoms with van der Waals surface area (Å²) in [4.78, 5) is 21.6. The van der Waals surface area contributed by atoms with Crippen LogP contribution in [-0.2, 0) is 0 Å². The highest BCUT2D eigenvalue weighted by molar-refractivity contribution is 14.1. The van der Waals surface area contributed by atoms with Crippen molar-refractivity contribution in [2.45, 2.75) is 0 Å². The van der Waals surface area contributed by atoms with Crippen LogP contribution in [0, 0.1) is 25.0 Å². The van der Waals surface area contributed by atoms with Gasteiger partial charge in [-0.25, -0.2) is 0 Å². The zero-order chi connectivity index (χ0) is 12.3. The molecular weight excluding hydrogens is 391 g/mol. The molecule has 0 aromatic heterocycles. The maximum Gasteiger partial charge on any atom is 0.281 e. The SMILES string of the molecule is N#Cc1cc(C(=O)CBr)c([N+](=O)[O-])cc1I. The Balaban J connectivity index is 3.50. The third kappa shape index (κ3) is 2.56. The summed E-state index contributed by atoms with van der Waals surface area (Å²) < 4.78 is 0.456. The Kier molecular flexibility index (Phi) is 4.37. The average Bonchev–Trinajstić information content (AvgIpc) is 2.27. The number of nitrogens with zero attached hydrogens (tertiary/aromatic N) is 2. The number of carbonyl (C=O) groups is 1. The highest BCUT2D eigenvalue weighted by Gasteiger charge is 2.21. The van der Waals surface area contributed by atoms with Crippen LogP contribution in [0.5, 0.6) is 0 Å². The van der Waals surface area contributed by atoms with E-state index in [9.17, 15) is 14.9 Å². The van der Waals surface area contributed by atoms with Crippen LogP contribution in [0.2, 0.25) is 0 Å². The fraction of sp³-hybridized carbons (Fsp3) is 0.111. The monoisotopic (exact) mass is 394 g/mol. The Morgan fingerprint density at radius 2 is 2.25 bits per heavy atom. The lowest BCUT2D eigenvalue weighted by atomic mass is 10.1. The molecule has 0 spiro atoms. The number of nitro groups is 1. The number of halogens is 2. The van der Waals surface area contributed by atoms with Crippen LogP contribution in [0.25, 0.3) is 0 Å². The fourth-order valence-electron chi connectivity index (χ4n) is 1.09. The van der Waals surface area contributed by atoms with Gasteiger partial charge in [0.25, 0.3) is 5.69 Å². The van der Waals surface area contributed by atoms with Crippen LogP contribution in [0.4, 0.5) is 5.69 Å². The molecule has 0 heterocycles. The van der Waals surface area contributed by atoms with E-state index in [4.69, 9.17) is 5.26 Å². The summed E-state index contributed by atoms with van der Waals surface area (Å²) in [5.74, 6) is -0.417. The van der Waals surface area contributed by atoms with E-state index in [-0.39, 0.29) is 22.1 Å². The number of Topliss-reactive ketones (excluding diaryl/α,β-unsaturated/α-hetero) is 1. The number of hydrogen-bond acceptors (Lipinski definition) is 4. The third-order valence-electron chi connectivity index (χ3n) is 1.82. The summed E-state index contributed by atoms with van der Waals surface area (Å²) in [6, 6.07) is 4.37. The Hall–Kier alpha value is -1.01. The highest BCUT2D eigenvalue weighted by atomic mass is 127. The predicted molar refractivity (Wildman–Crippen MR) is 68.7 cm³/mol. The van der Waals surface area contributed by atoms with Crippen LogP contribution >= 0.6 is 38.5 Å². The second-order valence-electron chi connectivity index (χ2n) is 2.77. The van der Waals surface area contributed by atoms with Crippen LogP contribution < -0.4 is 0 Å². The van der Waals surface area contributed by atoms with Crippen molar-refractivity contribution in [3.63, 3.8) is 0 Å². The summed E-state index contributed by atoms with van der Waals surface area (Å²) in [5.41, 5.74) is -0.0535. The summed E-state index contributed by atoms with van der Waals surface area (Å²) in [6.07, 6.45) is 0. The first-order valence-electron chi connectivity index (χ1n) is 3.98. The highest BCUT2D eigenvalue weighted by Crippen LogP contribution is 2.25. The number of rotatable bonds is 3. The van der Waals surface area contributed by atoms with Crippen molar-refractivity contribution in [2.75, 3.05) is 5.33 Å². The molecule has 0 N–H and O–H groups in total. The van der Waals surface area contributed by atoms with E-state index in [1.165, 1.54) is 12.1 Å². The van der Waals surface area contributed by atoms with Gasteiger partial charge in [0, 0.05) is 9.64 Å². The maximum absolute atomic E-state index is 11.5. The average molecular weight is 395 g/mol. The number of ketones is 1. The number of hydrogen-bond donors (Lipinski definition) is 0. The molecule has 0 radical (unpaired) electrons. The molecule has 82 valence electrons. The Bertz CT molecular complexity index is 510. The van der Waals surface area contributed by atoms with Crippen molar-refractivity contribution in [3.8, 4) is 6.07 Å². The lowest BCUT2D eigenvalue weighted by Gasteiger charge is -2.02. The third-order valence-corrected chi connectivity index (χ3v) is 3.23. The summed E-state index contributed by atoms with van der Waals surface area (Å²) >= 11 is 4.76. The Morgan fingerprint density at radius 1 is 1.62 bits per heavy atom. The van der Waals surface area contributed by atoms with Gasteiger partial charge in [-0.15, -0.1) is 0 Å². The fourth-order valence-corrected chi connectivity index (χ4v) is 1.97.